The molecule has 1 fully saturated rings. The molecule has 0 aromatic heterocycles. The topological polar surface area (TPSA) is 44.4 Å². The van der Waals surface area contributed by atoms with Crippen molar-refractivity contribution in [3.63, 3.8) is 0 Å². The Kier molecular flexibility index (Phi) is 7.39. The summed E-state index contributed by atoms with van der Waals surface area (Å²) in [5.74, 6) is 0.926. The summed E-state index contributed by atoms with van der Waals surface area (Å²) in [5, 5.41) is 6.38. The van der Waals surface area contributed by atoms with Gasteiger partial charge in [-0.1, -0.05) is 33.6 Å². The maximum atomic E-state index is 12.0. The van der Waals surface area contributed by atoms with Crippen molar-refractivity contribution in [3.05, 3.63) is 0 Å². The summed E-state index contributed by atoms with van der Waals surface area (Å²) in [6, 6.07) is 0.844. The Morgan fingerprint density at radius 1 is 1.32 bits per heavy atom. The number of hydrogen-bond acceptors (Lipinski definition) is 3. The van der Waals surface area contributed by atoms with Crippen molar-refractivity contribution in [1.29, 1.82) is 0 Å². The van der Waals surface area contributed by atoms with Gasteiger partial charge in [0.25, 0.3) is 0 Å². The molecule has 19 heavy (non-hydrogen) atoms. The van der Waals surface area contributed by atoms with Gasteiger partial charge in [-0.3, -0.25) is 9.69 Å². The van der Waals surface area contributed by atoms with Crippen LogP contribution in [0, 0.1) is 5.92 Å². The lowest BCUT2D eigenvalue weighted by Gasteiger charge is -2.37. The third-order valence-corrected chi connectivity index (χ3v) is 3.86. The van der Waals surface area contributed by atoms with Crippen LogP contribution >= 0.6 is 0 Å². The second-order valence-electron chi connectivity index (χ2n) is 6.17. The monoisotopic (exact) mass is 269 g/mol. The fourth-order valence-corrected chi connectivity index (χ4v) is 2.44. The first-order valence-corrected chi connectivity index (χ1v) is 7.77. The van der Waals surface area contributed by atoms with Crippen molar-refractivity contribution in [2.75, 3.05) is 26.2 Å². The van der Waals surface area contributed by atoms with Crippen molar-refractivity contribution < 1.29 is 4.79 Å². The van der Waals surface area contributed by atoms with Crippen LogP contribution in [0.1, 0.15) is 47.0 Å². The van der Waals surface area contributed by atoms with Crippen molar-refractivity contribution >= 4 is 5.91 Å². The van der Waals surface area contributed by atoms with E-state index in [1.807, 2.05) is 0 Å². The van der Waals surface area contributed by atoms with E-state index in [1.54, 1.807) is 0 Å². The SMILES string of the molecule is CCN(CC(=O)NC(C)CCCC(C)C)C1CNC1. The fraction of sp³-hybridized carbons (Fsp3) is 0.933. The number of likely N-dealkylation sites (N-methyl/N-ethyl adjacent to an activating group) is 1. The van der Waals surface area contributed by atoms with Crippen molar-refractivity contribution in [2.24, 2.45) is 5.92 Å². The minimum absolute atomic E-state index is 0.172. The normalized spacial score (nSPS) is 17.6. The van der Waals surface area contributed by atoms with E-state index < -0.39 is 0 Å². The van der Waals surface area contributed by atoms with E-state index in [0.29, 0.717) is 18.6 Å². The summed E-state index contributed by atoms with van der Waals surface area (Å²) >= 11 is 0. The van der Waals surface area contributed by atoms with Crippen LogP contribution in [0.15, 0.2) is 0 Å². The van der Waals surface area contributed by atoms with Gasteiger partial charge in [0.2, 0.25) is 5.91 Å². The van der Waals surface area contributed by atoms with Crippen LogP contribution in [0.4, 0.5) is 0 Å². The van der Waals surface area contributed by atoms with Crippen molar-refractivity contribution in [3.8, 4) is 0 Å². The van der Waals surface area contributed by atoms with Crippen LogP contribution in [-0.4, -0.2) is 49.1 Å². The highest BCUT2D eigenvalue weighted by atomic mass is 16.2. The third-order valence-electron chi connectivity index (χ3n) is 3.86. The average molecular weight is 269 g/mol. The van der Waals surface area contributed by atoms with E-state index in [1.165, 1.54) is 12.8 Å². The molecule has 1 aliphatic heterocycles. The Hall–Kier alpha value is -0.610. The van der Waals surface area contributed by atoms with Crippen LogP contribution in [0.3, 0.4) is 0 Å². The summed E-state index contributed by atoms with van der Waals surface area (Å²) in [5.41, 5.74) is 0. The highest BCUT2D eigenvalue weighted by molar-refractivity contribution is 5.78. The zero-order chi connectivity index (χ0) is 14.3. The van der Waals surface area contributed by atoms with Gasteiger partial charge in [0, 0.05) is 25.2 Å². The van der Waals surface area contributed by atoms with E-state index in [9.17, 15) is 4.79 Å². The highest BCUT2D eigenvalue weighted by Crippen LogP contribution is 2.08. The second-order valence-corrected chi connectivity index (χ2v) is 6.17. The molecule has 0 aliphatic carbocycles. The van der Waals surface area contributed by atoms with Crippen LogP contribution < -0.4 is 10.6 Å². The molecule has 0 aromatic carbocycles. The predicted octanol–water partition coefficient (Wildman–Crippen LogP) is 1.61. The maximum absolute atomic E-state index is 12.0. The molecule has 4 heteroatoms. The number of hydrogen-bond donors (Lipinski definition) is 2. The van der Waals surface area contributed by atoms with Gasteiger partial charge in [-0.05, 0) is 25.8 Å². The van der Waals surface area contributed by atoms with Gasteiger partial charge >= 0.3 is 0 Å². The largest absolute Gasteiger partial charge is 0.353 e. The van der Waals surface area contributed by atoms with Crippen molar-refractivity contribution in [1.82, 2.24) is 15.5 Å². The smallest absolute Gasteiger partial charge is 0.234 e. The summed E-state index contributed by atoms with van der Waals surface area (Å²) in [6.07, 6.45) is 3.53. The van der Waals surface area contributed by atoms with Gasteiger partial charge in [0.05, 0.1) is 6.54 Å². The first-order valence-electron chi connectivity index (χ1n) is 7.77. The number of carbonyl (C=O) groups is 1. The lowest BCUT2D eigenvalue weighted by molar-refractivity contribution is -0.123. The van der Waals surface area contributed by atoms with E-state index in [4.69, 9.17) is 0 Å². The molecule has 1 unspecified atom stereocenters. The first kappa shape index (κ1) is 16.4. The minimum atomic E-state index is 0.172. The minimum Gasteiger partial charge on any atom is -0.353 e. The molecule has 1 rings (SSSR count). The first-order chi connectivity index (χ1) is 9.02. The van der Waals surface area contributed by atoms with Crippen LogP contribution in [-0.2, 0) is 4.79 Å². The molecule has 0 radical (unpaired) electrons. The number of rotatable bonds is 9. The van der Waals surface area contributed by atoms with Gasteiger partial charge < -0.3 is 10.6 Å². The zero-order valence-electron chi connectivity index (χ0n) is 13.0. The van der Waals surface area contributed by atoms with E-state index in [0.717, 1.165) is 32.0 Å². The van der Waals surface area contributed by atoms with E-state index in [-0.39, 0.29) is 5.91 Å². The molecule has 1 amide bonds. The fourth-order valence-electron chi connectivity index (χ4n) is 2.44. The van der Waals surface area contributed by atoms with Gasteiger partial charge in [0.15, 0.2) is 0 Å². The Morgan fingerprint density at radius 3 is 2.47 bits per heavy atom. The number of carbonyl (C=O) groups excluding carboxylic acids is 1. The summed E-state index contributed by atoms with van der Waals surface area (Å²) in [7, 11) is 0. The standard InChI is InChI=1S/C15H31N3O/c1-5-18(14-9-16-10-14)11-15(19)17-13(4)8-6-7-12(2)3/h12-14,16H,5-11H2,1-4H3,(H,17,19). The zero-order valence-corrected chi connectivity index (χ0v) is 13.0. The Morgan fingerprint density at radius 2 is 2.00 bits per heavy atom. The van der Waals surface area contributed by atoms with Gasteiger partial charge in [-0.2, -0.15) is 0 Å². The molecule has 0 aromatic rings. The number of nitrogens with one attached hydrogen (secondary N) is 2. The number of nitrogens with zero attached hydrogens (tertiary/aromatic N) is 1. The van der Waals surface area contributed by atoms with E-state index in [2.05, 4.69) is 43.2 Å². The summed E-state index contributed by atoms with van der Waals surface area (Å²) in [6.45, 7) is 12.2. The Balaban J connectivity index is 2.17. The molecule has 1 atom stereocenters. The molecule has 0 saturated carbocycles. The van der Waals surface area contributed by atoms with Gasteiger partial charge in [0.1, 0.15) is 0 Å². The van der Waals surface area contributed by atoms with Gasteiger partial charge in [-0.25, -0.2) is 0 Å². The quantitative estimate of drug-likeness (QED) is 0.668. The maximum Gasteiger partial charge on any atom is 0.234 e. The van der Waals surface area contributed by atoms with Gasteiger partial charge in [-0.15, -0.1) is 0 Å². The molecule has 0 spiro atoms. The molecule has 1 saturated heterocycles. The van der Waals surface area contributed by atoms with E-state index >= 15 is 0 Å². The Labute approximate surface area is 118 Å². The molecule has 112 valence electrons. The molecule has 2 N–H and O–H groups in total. The highest BCUT2D eigenvalue weighted by Gasteiger charge is 2.25. The summed E-state index contributed by atoms with van der Waals surface area (Å²) in [4.78, 5) is 14.2. The van der Waals surface area contributed by atoms with Crippen LogP contribution in [0.25, 0.3) is 0 Å². The van der Waals surface area contributed by atoms with Crippen LogP contribution in [0.2, 0.25) is 0 Å². The lowest BCUT2D eigenvalue weighted by atomic mass is 10.0. The molecular weight excluding hydrogens is 238 g/mol. The van der Waals surface area contributed by atoms with Crippen molar-refractivity contribution in [2.45, 2.75) is 59.0 Å². The lowest BCUT2D eigenvalue weighted by Crippen LogP contribution is -2.59. The molecular formula is C15H31N3O. The third kappa shape index (κ3) is 6.39. The average Bonchev–Trinajstić information content (AvgIpc) is 2.24. The molecule has 1 heterocycles. The van der Waals surface area contributed by atoms with Crippen LogP contribution in [0.5, 0.6) is 0 Å². The predicted molar refractivity (Wildman–Crippen MR) is 80.2 cm³/mol. The Bertz CT molecular complexity index is 264. The second kappa shape index (κ2) is 8.54. The molecule has 0 bridgehead atoms. The summed E-state index contributed by atoms with van der Waals surface area (Å²) < 4.78 is 0. The molecule has 4 nitrogen and oxygen atoms in total. The molecule has 1 aliphatic rings. The number of amides is 1.